The van der Waals surface area contributed by atoms with E-state index in [4.69, 9.17) is 0 Å². The lowest BCUT2D eigenvalue weighted by Gasteiger charge is -2.30. The molecule has 0 N–H and O–H groups in total. The molecule has 220 valence electrons. The van der Waals surface area contributed by atoms with Gasteiger partial charge in [0.2, 0.25) is 0 Å². The maximum atomic E-state index is 2.41. The van der Waals surface area contributed by atoms with E-state index in [1.165, 1.54) is 65.3 Å². The predicted molar refractivity (Wildman–Crippen MR) is 202 cm³/mol. The van der Waals surface area contributed by atoms with E-state index in [1.807, 2.05) is 0 Å². The Morgan fingerprint density at radius 3 is 1.26 bits per heavy atom. The standard InChI is InChI=1S/C46H31N/c1-3-18-34(19-4-1)47(35-20-5-2-6-21-35)45-29-15-28-42(43-30-32-16-7-9-22-36(32)38-24-11-13-26-40(38)43)46(45)44-31-33-17-8-10-23-37(33)39-25-12-14-27-41(39)44/h1-31H. The van der Waals surface area contributed by atoms with Crippen molar-refractivity contribution in [2.45, 2.75) is 0 Å². The van der Waals surface area contributed by atoms with E-state index in [-0.39, 0.29) is 0 Å². The molecular weight excluding hydrogens is 567 g/mol. The monoisotopic (exact) mass is 597 g/mol. The molecule has 0 aliphatic rings. The normalized spacial score (nSPS) is 11.4. The van der Waals surface area contributed by atoms with Crippen molar-refractivity contribution in [3.05, 3.63) is 188 Å². The van der Waals surface area contributed by atoms with Gasteiger partial charge in [0.25, 0.3) is 0 Å². The first-order valence-electron chi connectivity index (χ1n) is 16.2. The van der Waals surface area contributed by atoms with Crippen molar-refractivity contribution in [2.75, 3.05) is 4.90 Å². The maximum absolute atomic E-state index is 2.41. The molecule has 47 heavy (non-hydrogen) atoms. The van der Waals surface area contributed by atoms with Crippen LogP contribution in [0.5, 0.6) is 0 Å². The second-order valence-corrected chi connectivity index (χ2v) is 12.1. The molecule has 9 aromatic carbocycles. The van der Waals surface area contributed by atoms with Gasteiger partial charge in [-0.3, -0.25) is 0 Å². The summed E-state index contributed by atoms with van der Waals surface area (Å²) in [7, 11) is 0. The third kappa shape index (κ3) is 4.56. The number of hydrogen-bond acceptors (Lipinski definition) is 1. The molecule has 1 heteroatoms. The van der Waals surface area contributed by atoms with Crippen LogP contribution in [0.25, 0.3) is 65.3 Å². The summed E-state index contributed by atoms with van der Waals surface area (Å²) in [4.78, 5) is 2.41. The zero-order valence-electron chi connectivity index (χ0n) is 25.8. The van der Waals surface area contributed by atoms with Gasteiger partial charge in [0.1, 0.15) is 0 Å². The summed E-state index contributed by atoms with van der Waals surface area (Å²) < 4.78 is 0. The average Bonchev–Trinajstić information content (AvgIpc) is 3.15. The van der Waals surface area contributed by atoms with E-state index in [0.717, 1.165) is 17.1 Å². The molecule has 0 saturated carbocycles. The summed E-state index contributed by atoms with van der Waals surface area (Å²) in [6.45, 7) is 0. The Labute approximate surface area is 274 Å². The smallest absolute Gasteiger partial charge is 0.0546 e. The van der Waals surface area contributed by atoms with Crippen molar-refractivity contribution in [1.29, 1.82) is 0 Å². The lowest BCUT2D eigenvalue weighted by Crippen LogP contribution is -2.11. The fourth-order valence-corrected chi connectivity index (χ4v) is 7.35. The van der Waals surface area contributed by atoms with Crippen LogP contribution in [0.15, 0.2) is 188 Å². The van der Waals surface area contributed by atoms with Gasteiger partial charge in [0.15, 0.2) is 0 Å². The zero-order valence-corrected chi connectivity index (χ0v) is 25.8. The van der Waals surface area contributed by atoms with E-state index in [2.05, 4.69) is 193 Å². The Hall–Kier alpha value is -6.18. The number of nitrogens with zero attached hydrogens (tertiary/aromatic N) is 1. The Morgan fingerprint density at radius 1 is 0.277 bits per heavy atom. The fraction of sp³-hybridized carbons (Fsp3) is 0. The van der Waals surface area contributed by atoms with Crippen LogP contribution >= 0.6 is 0 Å². The molecule has 0 heterocycles. The minimum atomic E-state index is 1.12. The van der Waals surface area contributed by atoms with Crippen molar-refractivity contribution < 1.29 is 0 Å². The minimum Gasteiger partial charge on any atom is -0.310 e. The number of hydrogen-bond donors (Lipinski definition) is 0. The van der Waals surface area contributed by atoms with Crippen molar-refractivity contribution in [3.63, 3.8) is 0 Å². The molecule has 0 atom stereocenters. The first-order valence-corrected chi connectivity index (χ1v) is 16.2. The van der Waals surface area contributed by atoms with E-state index in [9.17, 15) is 0 Å². The van der Waals surface area contributed by atoms with Gasteiger partial charge in [0.05, 0.1) is 5.69 Å². The van der Waals surface area contributed by atoms with Gasteiger partial charge in [-0.15, -0.1) is 0 Å². The summed E-state index contributed by atoms with van der Waals surface area (Å²) in [6, 6.07) is 68.3. The number of para-hydroxylation sites is 2. The molecule has 0 aliphatic heterocycles. The van der Waals surface area contributed by atoms with Crippen molar-refractivity contribution in [1.82, 2.24) is 0 Å². The highest BCUT2D eigenvalue weighted by atomic mass is 15.1. The molecule has 1 nitrogen and oxygen atoms in total. The van der Waals surface area contributed by atoms with Crippen LogP contribution in [0.1, 0.15) is 0 Å². The second kappa shape index (κ2) is 11.3. The van der Waals surface area contributed by atoms with Gasteiger partial charge < -0.3 is 4.90 Å². The Balaban J connectivity index is 1.47. The van der Waals surface area contributed by atoms with E-state index >= 15 is 0 Å². The van der Waals surface area contributed by atoms with Crippen molar-refractivity contribution >= 4 is 60.2 Å². The average molecular weight is 598 g/mol. The van der Waals surface area contributed by atoms with E-state index in [0.29, 0.717) is 0 Å². The lowest BCUT2D eigenvalue weighted by atomic mass is 9.85. The predicted octanol–water partition coefficient (Wildman–Crippen LogP) is 13.1. The van der Waals surface area contributed by atoms with E-state index in [1.54, 1.807) is 0 Å². The van der Waals surface area contributed by atoms with Gasteiger partial charge in [-0.1, -0.05) is 146 Å². The summed E-state index contributed by atoms with van der Waals surface area (Å²) in [6.07, 6.45) is 0. The number of benzene rings is 9. The quantitative estimate of drug-likeness (QED) is 0.178. The Kier molecular flexibility index (Phi) is 6.54. The summed E-state index contributed by atoms with van der Waals surface area (Å²) in [5, 5.41) is 10.0. The molecule has 0 bridgehead atoms. The Morgan fingerprint density at radius 2 is 0.702 bits per heavy atom. The summed E-state index contributed by atoms with van der Waals surface area (Å²) in [5.74, 6) is 0. The lowest BCUT2D eigenvalue weighted by molar-refractivity contribution is 1.28. The van der Waals surface area contributed by atoms with Crippen LogP contribution in [-0.2, 0) is 0 Å². The van der Waals surface area contributed by atoms with Gasteiger partial charge >= 0.3 is 0 Å². The van der Waals surface area contributed by atoms with Gasteiger partial charge in [-0.2, -0.15) is 0 Å². The SMILES string of the molecule is c1ccc(N(c2ccccc2)c2cccc(-c3cc4ccccc4c4ccccc34)c2-c2cc3ccccc3c3ccccc23)cc1. The summed E-state index contributed by atoms with van der Waals surface area (Å²) in [5.41, 5.74) is 8.24. The fourth-order valence-electron chi connectivity index (χ4n) is 7.35. The van der Waals surface area contributed by atoms with Crippen LogP contribution in [0, 0.1) is 0 Å². The molecule has 0 saturated heterocycles. The molecule has 0 unspecified atom stereocenters. The number of rotatable bonds is 5. The molecule has 0 fully saturated rings. The van der Waals surface area contributed by atoms with Crippen LogP contribution in [0.3, 0.4) is 0 Å². The molecule has 0 radical (unpaired) electrons. The highest BCUT2D eigenvalue weighted by Crippen LogP contribution is 2.49. The highest BCUT2D eigenvalue weighted by molar-refractivity contribution is 6.19. The third-order valence-corrected chi connectivity index (χ3v) is 9.41. The molecule has 0 amide bonds. The molecule has 9 aromatic rings. The molecule has 0 aliphatic carbocycles. The van der Waals surface area contributed by atoms with Crippen molar-refractivity contribution in [2.24, 2.45) is 0 Å². The maximum Gasteiger partial charge on any atom is 0.0546 e. The molecule has 0 spiro atoms. The Bertz CT molecular complexity index is 2530. The minimum absolute atomic E-state index is 1.12. The van der Waals surface area contributed by atoms with E-state index < -0.39 is 0 Å². The first-order chi connectivity index (χ1) is 23.3. The van der Waals surface area contributed by atoms with Crippen molar-refractivity contribution in [3.8, 4) is 22.3 Å². The molecule has 9 rings (SSSR count). The largest absolute Gasteiger partial charge is 0.310 e. The second-order valence-electron chi connectivity index (χ2n) is 12.1. The van der Waals surface area contributed by atoms with Crippen LogP contribution in [0.2, 0.25) is 0 Å². The zero-order chi connectivity index (χ0) is 31.2. The third-order valence-electron chi connectivity index (χ3n) is 9.41. The van der Waals surface area contributed by atoms with Crippen LogP contribution < -0.4 is 4.90 Å². The van der Waals surface area contributed by atoms with Gasteiger partial charge in [-0.25, -0.2) is 0 Å². The van der Waals surface area contributed by atoms with Gasteiger partial charge in [0, 0.05) is 16.9 Å². The van der Waals surface area contributed by atoms with Crippen LogP contribution in [-0.4, -0.2) is 0 Å². The van der Waals surface area contributed by atoms with Crippen LogP contribution in [0.4, 0.5) is 17.1 Å². The number of fused-ring (bicyclic) bond motifs is 6. The highest BCUT2D eigenvalue weighted by Gasteiger charge is 2.23. The molecular formula is C46H31N. The summed E-state index contributed by atoms with van der Waals surface area (Å²) >= 11 is 0. The number of anilines is 3. The van der Waals surface area contributed by atoms with Gasteiger partial charge in [-0.05, 0) is 102 Å². The topological polar surface area (TPSA) is 3.24 Å². The first kappa shape index (κ1) is 27.2. The molecule has 0 aromatic heterocycles.